The minimum atomic E-state index is -4.40. The number of furan rings is 1. The molecule has 0 aliphatic carbocycles. The van der Waals surface area contributed by atoms with Crippen molar-refractivity contribution >= 4 is 5.91 Å². The number of hydrogen-bond donors (Lipinski definition) is 1. The fourth-order valence-electron chi connectivity index (χ4n) is 1.66. The molecule has 106 valence electrons. The number of carbonyl (C=O) groups excluding carboxylic acids is 1. The second kappa shape index (κ2) is 5.40. The minimum Gasteiger partial charge on any atom is -0.465 e. The fourth-order valence-corrected chi connectivity index (χ4v) is 1.66. The van der Waals surface area contributed by atoms with Crippen molar-refractivity contribution in [2.75, 3.05) is 0 Å². The first-order valence-electron chi connectivity index (χ1n) is 5.87. The average molecular weight is 283 g/mol. The molecule has 2 aromatic rings. The van der Waals surface area contributed by atoms with Crippen molar-refractivity contribution in [3.63, 3.8) is 0 Å². The van der Waals surface area contributed by atoms with Crippen LogP contribution in [0.1, 0.15) is 27.4 Å². The Morgan fingerprint density at radius 3 is 2.30 bits per heavy atom. The molecular formula is C14H12F3NO2. The zero-order valence-corrected chi connectivity index (χ0v) is 10.6. The van der Waals surface area contributed by atoms with E-state index in [-0.39, 0.29) is 12.1 Å². The number of carbonyl (C=O) groups is 1. The number of alkyl halides is 3. The largest absolute Gasteiger partial charge is 0.465 e. The number of hydrogen-bond acceptors (Lipinski definition) is 2. The van der Waals surface area contributed by atoms with Crippen LogP contribution >= 0.6 is 0 Å². The maximum Gasteiger partial charge on any atom is 0.416 e. The van der Waals surface area contributed by atoms with Crippen molar-refractivity contribution < 1.29 is 22.4 Å². The highest BCUT2D eigenvalue weighted by atomic mass is 19.4. The molecule has 3 nitrogen and oxygen atoms in total. The molecule has 0 atom stereocenters. The lowest BCUT2D eigenvalue weighted by Gasteiger charge is -2.07. The Bertz CT molecular complexity index is 600. The quantitative estimate of drug-likeness (QED) is 0.936. The van der Waals surface area contributed by atoms with E-state index >= 15 is 0 Å². The van der Waals surface area contributed by atoms with Gasteiger partial charge >= 0.3 is 6.18 Å². The van der Waals surface area contributed by atoms with Gasteiger partial charge in [0.1, 0.15) is 11.5 Å². The van der Waals surface area contributed by atoms with Gasteiger partial charge in [0.15, 0.2) is 0 Å². The lowest BCUT2D eigenvalue weighted by Crippen LogP contribution is -2.22. The molecule has 2 rings (SSSR count). The molecule has 0 aliphatic heterocycles. The Kier molecular flexibility index (Phi) is 3.83. The molecule has 1 aromatic heterocycles. The summed E-state index contributed by atoms with van der Waals surface area (Å²) in [5, 5.41) is 2.57. The van der Waals surface area contributed by atoms with Crippen LogP contribution in [0.4, 0.5) is 13.2 Å². The number of benzene rings is 1. The molecule has 0 saturated heterocycles. The van der Waals surface area contributed by atoms with Crippen LogP contribution in [0.2, 0.25) is 0 Å². The van der Waals surface area contributed by atoms with Crippen LogP contribution in [0.5, 0.6) is 0 Å². The van der Waals surface area contributed by atoms with Gasteiger partial charge in [-0.05, 0) is 43.3 Å². The van der Waals surface area contributed by atoms with E-state index in [9.17, 15) is 18.0 Å². The third-order valence-corrected chi connectivity index (χ3v) is 2.69. The third-order valence-electron chi connectivity index (χ3n) is 2.69. The first kappa shape index (κ1) is 14.2. The molecule has 0 saturated carbocycles. The van der Waals surface area contributed by atoms with Gasteiger partial charge in [0.2, 0.25) is 0 Å². The lowest BCUT2D eigenvalue weighted by atomic mass is 10.1. The van der Waals surface area contributed by atoms with Crippen molar-refractivity contribution in [1.82, 2.24) is 5.32 Å². The second-order valence-corrected chi connectivity index (χ2v) is 4.27. The van der Waals surface area contributed by atoms with E-state index in [2.05, 4.69) is 5.32 Å². The van der Waals surface area contributed by atoms with Gasteiger partial charge in [0, 0.05) is 5.56 Å². The molecule has 20 heavy (non-hydrogen) atoms. The molecular weight excluding hydrogens is 271 g/mol. The SMILES string of the molecule is Cc1ccc(CNC(=O)c2ccc(C(F)(F)F)cc2)o1. The van der Waals surface area contributed by atoms with Gasteiger partial charge in [-0.25, -0.2) is 0 Å². The number of rotatable bonds is 3. The van der Waals surface area contributed by atoms with Crippen LogP contribution < -0.4 is 5.32 Å². The summed E-state index contributed by atoms with van der Waals surface area (Å²) in [5.41, 5.74) is -0.614. The first-order valence-corrected chi connectivity index (χ1v) is 5.87. The predicted octanol–water partition coefficient (Wildman–Crippen LogP) is 3.54. The summed E-state index contributed by atoms with van der Waals surface area (Å²) in [5.74, 6) is 0.860. The molecule has 1 heterocycles. The van der Waals surface area contributed by atoms with Crippen LogP contribution in [-0.2, 0) is 12.7 Å². The highest BCUT2D eigenvalue weighted by molar-refractivity contribution is 5.94. The van der Waals surface area contributed by atoms with E-state index in [0.29, 0.717) is 5.76 Å². The number of nitrogens with one attached hydrogen (secondary N) is 1. The monoisotopic (exact) mass is 283 g/mol. The minimum absolute atomic E-state index is 0.168. The molecule has 0 radical (unpaired) electrons. The predicted molar refractivity (Wildman–Crippen MR) is 66.1 cm³/mol. The van der Waals surface area contributed by atoms with Crippen molar-refractivity contribution in [1.29, 1.82) is 0 Å². The van der Waals surface area contributed by atoms with Crippen molar-refractivity contribution in [2.45, 2.75) is 19.6 Å². The Morgan fingerprint density at radius 2 is 1.80 bits per heavy atom. The molecule has 0 spiro atoms. The summed E-state index contributed by atoms with van der Waals surface area (Å²) in [7, 11) is 0. The highest BCUT2D eigenvalue weighted by Crippen LogP contribution is 2.29. The molecule has 0 bridgehead atoms. The van der Waals surface area contributed by atoms with E-state index < -0.39 is 17.6 Å². The summed E-state index contributed by atoms with van der Waals surface area (Å²) < 4.78 is 42.4. The van der Waals surface area contributed by atoms with E-state index in [1.54, 1.807) is 19.1 Å². The highest BCUT2D eigenvalue weighted by Gasteiger charge is 2.30. The topological polar surface area (TPSA) is 42.2 Å². The molecule has 1 amide bonds. The van der Waals surface area contributed by atoms with Crippen molar-refractivity contribution in [3.05, 3.63) is 59.0 Å². The molecule has 6 heteroatoms. The zero-order valence-electron chi connectivity index (χ0n) is 10.6. The molecule has 0 unspecified atom stereocenters. The van der Waals surface area contributed by atoms with Gasteiger partial charge in [0.05, 0.1) is 12.1 Å². The second-order valence-electron chi connectivity index (χ2n) is 4.27. The Labute approximate surface area is 113 Å². The third kappa shape index (κ3) is 3.40. The van der Waals surface area contributed by atoms with Crippen molar-refractivity contribution in [2.24, 2.45) is 0 Å². The average Bonchev–Trinajstić information content (AvgIpc) is 2.81. The summed E-state index contributed by atoms with van der Waals surface area (Å²) in [6.07, 6.45) is -4.40. The fraction of sp³-hybridized carbons (Fsp3) is 0.214. The molecule has 1 N–H and O–H groups in total. The van der Waals surface area contributed by atoms with E-state index in [4.69, 9.17) is 4.42 Å². The summed E-state index contributed by atoms with van der Waals surface area (Å²) in [6.45, 7) is 1.97. The van der Waals surface area contributed by atoms with E-state index in [1.807, 2.05) is 0 Å². The van der Waals surface area contributed by atoms with Crippen LogP contribution in [-0.4, -0.2) is 5.91 Å². The first-order chi connectivity index (χ1) is 9.36. The maximum absolute atomic E-state index is 12.4. The molecule has 0 aliphatic rings. The van der Waals surface area contributed by atoms with Gasteiger partial charge in [-0.15, -0.1) is 0 Å². The van der Waals surface area contributed by atoms with Gasteiger partial charge in [-0.1, -0.05) is 0 Å². The summed E-state index contributed by atoms with van der Waals surface area (Å²) in [6, 6.07) is 7.54. The Hall–Kier alpha value is -2.24. The maximum atomic E-state index is 12.4. The zero-order chi connectivity index (χ0) is 14.8. The standard InChI is InChI=1S/C14H12F3NO2/c1-9-2-7-12(20-9)8-18-13(19)10-3-5-11(6-4-10)14(15,16)17/h2-7H,8H2,1H3,(H,18,19). The van der Waals surface area contributed by atoms with Gasteiger partial charge < -0.3 is 9.73 Å². The number of amides is 1. The lowest BCUT2D eigenvalue weighted by molar-refractivity contribution is -0.137. The Morgan fingerprint density at radius 1 is 1.15 bits per heavy atom. The summed E-state index contributed by atoms with van der Waals surface area (Å²) >= 11 is 0. The van der Waals surface area contributed by atoms with Crippen molar-refractivity contribution in [3.8, 4) is 0 Å². The van der Waals surface area contributed by atoms with E-state index in [1.165, 1.54) is 0 Å². The molecule has 1 aromatic carbocycles. The van der Waals surface area contributed by atoms with E-state index in [0.717, 1.165) is 30.0 Å². The van der Waals surface area contributed by atoms with Crippen LogP contribution in [0.3, 0.4) is 0 Å². The number of halogens is 3. The van der Waals surface area contributed by atoms with Gasteiger partial charge in [-0.3, -0.25) is 4.79 Å². The molecule has 0 fully saturated rings. The van der Waals surface area contributed by atoms with Crippen LogP contribution in [0.25, 0.3) is 0 Å². The number of aryl methyl sites for hydroxylation is 1. The summed E-state index contributed by atoms with van der Waals surface area (Å²) in [4.78, 5) is 11.8. The van der Waals surface area contributed by atoms with Crippen LogP contribution in [0.15, 0.2) is 40.8 Å². The smallest absolute Gasteiger partial charge is 0.416 e. The van der Waals surface area contributed by atoms with Gasteiger partial charge in [0.25, 0.3) is 5.91 Å². The van der Waals surface area contributed by atoms with Crippen LogP contribution in [0, 0.1) is 6.92 Å². The normalized spacial score (nSPS) is 11.4. The Balaban J connectivity index is 1.99. The van der Waals surface area contributed by atoms with Gasteiger partial charge in [-0.2, -0.15) is 13.2 Å².